The lowest BCUT2D eigenvalue weighted by molar-refractivity contribution is 0.206. The Hall–Kier alpha value is -1.71. The van der Waals surface area contributed by atoms with Crippen molar-refractivity contribution in [1.29, 1.82) is 0 Å². The second-order valence-electron chi connectivity index (χ2n) is 4.07. The number of nitrogens with zero attached hydrogens (tertiary/aromatic N) is 1. The van der Waals surface area contributed by atoms with Crippen molar-refractivity contribution in [3.63, 3.8) is 0 Å². The Morgan fingerprint density at radius 1 is 1.56 bits per heavy atom. The molecule has 1 aliphatic heterocycles. The van der Waals surface area contributed by atoms with Crippen LogP contribution in [0.15, 0.2) is 18.2 Å². The number of carbonyl (C=O) groups excluding carboxylic acids is 1. The van der Waals surface area contributed by atoms with Crippen molar-refractivity contribution in [2.45, 2.75) is 20.0 Å². The molecule has 2 rings (SSSR count). The van der Waals surface area contributed by atoms with Crippen LogP contribution in [0, 0.1) is 6.92 Å². The molecule has 0 spiro atoms. The molecule has 1 heterocycles. The summed E-state index contributed by atoms with van der Waals surface area (Å²) in [6.07, 6.45) is 0.0208. The van der Waals surface area contributed by atoms with Gasteiger partial charge < -0.3 is 10.1 Å². The molecule has 4 heteroatoms. The van der Waals surface area contributed by atoms with Gasteiger partial charge in [-0.05, 0) is 31.5 Å². The van der Waals surface area contributed by atoms with Crippen molar-refractivity contribution in [3.05, 3.63) is 23.8 Å². The molecule has 4 nitrogen and oxygen atoms in total. The molecule has 0 fully saturated rings. The van der Waals surface area contributed by atoms with Crippen LogP contribution in [0.3, 0.4) is 0 Å². The maximum absolute atomic E-state index is 11.7. The van der Waals surface area contributed by atoms with Gasteiger partial charge in [-0.2, -0.15) is 0 Å². The van der Waals surface area contributed by atoms with Gasteiger partial charge in [0.2, 0.25) is 0 Å². The maximum Gasteiger partial charge on any atom is 0.321 e. The van der Waals surface area contributed by atoms with Crippen LogP contribution in [0.4, 0.5) is 10.5 Å². The van der Waals surface area contributed by atoms with E-state index in [1.807, 2.05) is 32.0 Å². The highest BCUT2D eigenvalue weighted by molar-refractivity contribution is 5.94. The van der Waals surface area contributed by atoms with Gasteiger partial charge in [0.1, 0.15) is 11.9 Å². The van der Waals surface area contributed by atoms with Gasteiger partial charge in [-0.1, -0.05) is 6.07 Å². The summed E-state index contributed by atoms with van der Waals surface area (Å²) in [7, 11) is 1.64. The minimum absolute atomic E-state index is 0.0208. The summed E-state index contributed by atoms with van der Waals surface area (Å²) >= 11 is 0. The molecule has 1 unspecified atom stereocenters. The lowest BCUT2D eigenvalue weighted by Crippen LogP contribution is -2.46. The van der Waals surface area contributed by atoms with Crippen LogP contribution >= 0.6 is 0 Å². The fourth-order valence-electron chi connectivity index (χ4n) is 1.87. The second-order valence-corrected chi connectivity index (χ2v) is 4.07. The number of rotatable bonds is 0. The number of benzene rings is 1. The molecule has 1 N–H and O–H groups in total. The predicted octanol–water partition coefficient (Wildman–Crippen LogP) is 1.92. The zero-order valence-electron chi connectivity index (χ0n) is 9.78. The molecular weight excluding hydrogens is 204 g/mol. The molecule has 1 aromatic carbocycles. The van der Waals surface area contributed by atoms with Gasteiger partial charge in [0.25, 0.3) is 0 Å². The number of ether oxygens (including phenoxy) is 1. The van der Waals surface area contributed by atoms with Crippen molar-refractivity contribution >= 4 is 11.7 Å². The third-order valence-electron chi connectivity index (χ3n) is 2.63. The van der Waals surface area contributed by atoms with Crippen LogP contribution < -0.4 is 15.0 Å². The third kappa shape index (κ3) is 1.83. The van der Waals surface area contributed by atoms with Crippen LogP contribution in [-0.2, 0) is 0 Å². The third-order valence-corrected chi connectivity index (χ3v) is 2.63. The van der Waals surface area contributed by atoms with Crippen molar-refractivity contribution < 1.29 is 9.53 Å². The number of amides is 2. The van der Waals surface area contributed by atoms with Gasteiger partial charge in [0, 0.05) is 7.05 Å². The zero-order chi connectivity index (χ0) is 11.7. The van der Waals surface area contributed by atoms with E-state index in [-0.39, 0.29) is 12.1 Å². The van der Waals surface area contributed by atoms with Gasteiger partial charge in [-0.15, -0.1) is 0 Å². The Morgan fingerprint density at radius 3 is 3.00 bits per heavy atom. The second kappa shape index (κ2) is 4.04. The summed E-state index contributed by atoms with van der Waals surface area (Å²) < 4.78 is 5.69. The van der Waals surface area contributed by atoms with Crippen molar-refractivity contribution in [2.24, 2.45) is 0 Å². The van der Waals surface area contributed by atoms with Gasteiger partial charge in [-0.25, -0.2) is 4.79 Å². The summed E-state index contributed by atoms with van der Waals surface area (Å²) in [6.45, 7) is 4.54. The van der Waals surface area contributed by atoms with E-state index in [0.717, 1.165) is 17.0 Å². The molecule has 1 aliphatic rings. The minimum Gasteiger partial charge on any atom is -0.487 e. The number of nitrogens with one attached hydrogen (secondary N) is 1. The first-order valence-corrected chi connectivity index (χ1v) is 5.38. The Balaban J connectivity index is 2.43. The van der Waals surface area contributed by atoms with Crippen molar-refractivity contribution in [3.8, 4) is 5.75 Å². The topological polar surface area (TPSA) is 41.6 Å². The van der Waals surface area contributed by atoms with Crippen LogP contribution in [0.2, 0.25) is 0 Å². The largest absolute Gasteiger partial charge is 0.487 e. The van der Waals surface area contributed by atoms with E-state index in [9.17, 15) is 4.79 Å². The first-order chi connectivity index (χ1) is 7.61. The van der Waals surface area contributed by atoms with Gasteiger partial charge in [0.15, 0.2) is 0 Å². The number of aryl methyl sites for hydroxylation is 1. The average Bonchev–Trinajstić information content (AvgIpc) is 2.27. The minimum atomic E-state index is -0.0954. The highest BCUT2D eigenvalue weighted by Crippen LogP contribution is 2.34. The highest BCUT2D eigenvalue weighted by Gasteiger charge is 2.26. The molecule has 1 atom stereocenters. The fraction of sp³-hybridized carbons (Fsp3) is 0.417. The van der Waals surface area contributed by atoms with E-state index in [1.165, 1.54) is 0 Å². The van der Waals surface area contributed by atoms with Crippen LogP contribution in [0.1, 0.15) is 12.5 Å². The van der Waals surface area contributed by atoms with E-state index < -0.39 is 0 Å². The number of anilines is 1. The molecule has 0 aromatic heterocycles. The molecule has 0 radical (unpaired) electrons. The Kier molecular flexibility index (Phi) is 2.73. The highest BCUT2D eigenvalue weighted by atomic mass is 16.5. The molecule has 0 saturated heterocycles. The van der Waals surface area contributed by atoms with Gasteiger partial charge in [0.05, 0.1) is 12.2 Å². The van der Waals surface area contributed by atoms with E-state index in [0.29, 0.717) is 6.54 Å². The van der Waals surface area contributed by atoms with Crippen molar-refractivity contribution in [2.75, 3.05) is 18.5 Å². The van der Waals surface area contributed by atoms with E-state index >= 15 is 0 Å². The molecule has 2 amide bonds. The first-order valence-electron chi connectivity index (χ1n) is 5.38. The normalized spacial score (nSPS) is 18.7. The smallest absolute Gasteiger partial charge is 0.321 e. The summed E-state index contributed by atoms with van der Waals surface area (Å²) in [6, 6.07) is 5.77. The lowest BCUT2D eigenvalue weighted by Gasteiger charge is -2.33. The van der Waals surface area contributed by atoms with Crippen LogP contribution in [0.25, 0.3) is 0 Å². The summed E-state index contributed by atoms with van der Waals surface area (Å²) in [5.74, 6) is 0.771. The first kappa shape index (κ1) is 10.8. The molecule has 0 bridgehead atoms. The van der Waals surface area contributed by atoms with Crippen LogP contribution in [-0.4, -0.2) is 25.7 Å². The zero-order valence-corrected chi connectivity index (χ0v) is 9.78. The lowest BCUT2D eigenvalue weighted by atomic mass is 10.1. The van der Waals surface area contributed by atoms with E-state index in [4.69, 9.17) is 4.74 Å². The SMILES string of the molecule is CNC(=O)N1CC(C)Oc2ccc(C)cc21. The monoisotopic (exact) mass is 220 g/mol. The number of carbonyl (C=O) groups is 1. The molecule has 0 aliphatic carbocycles. The number of hydrogen-bond acceptors (Lipinski definition) is 2. The Morgan fingerprint density at radius 2 is 2.31 bits per heavy atom. The average molecular weight is 220 g/mol. The summed E-state index contributed by atoms with van der Waals surface area (Å²) in [4.78, 5) is 13.5. The number of urea groups is 1. The fourth-order valence-corrected chi connectivity index (χ4v) is 1.87. The Labute approximate surface area is 95.2 Å². The standard InChI is InChI=1S/C12H16N2O2/c1-8-4-5-11-10(6-8)14(12(15)13-3)7-9(2)16-11/h4-6,9H,7H2,1-3H3,(H,13,15). The summed E-state index contributed by atoms with van der Waals surface area (Å²) in [5, 5.41) is 2.65. The number of hydrogen-bond donors (Lipinski definition) is 1. The summed E-state index contributed by atoms with van der Waals surface area (Å²) in [5.41, 5.74) is 1.96. The maximum atomic E-state index is 11.7. The van der Waals surface area contributed by atoms with E-state index in [2.05, 4.69) is 5.32 Å². The molecule has 1 aromatic rings. The van der Waals surface area contributed by atoms with E-state index in [1.54, 1.807) is 11.9 Å². The molecule has 86 valence electrons. The van der Waals surface area contributed by atoms with Gasteiger partial charge >= 0.3 is 6.03 Å². The predicted molar refractivity (Wildman–Crippen MR) is 63.1 cm³/mol. The molecular formula is C12H16N2O2. The van der Waals surface area contributed by atoms with Gasteiger partial charge in [-0.3, -0.25) is 4.90 Å². The number of fused-ring (bicyclic) bond motifs is 1. The molecule has 0 saturated carbocycles. The Bertz CT molecular complexity index is 417. The van der Waals surface area contributed by atoms with Crippen molar-refractivity contribution in [1.82, 2.24) is 5.32 Å². The van der Waals surface area contributed by atoms with Crippen LogP contribution in [0.5, 0.6) is 5.75 Å². The molecule has 16 heavy (non-hydrogen) atoms. The quantitative estimate of drug-likeness (QED) is 0.725.